The summed E-state index contributed by atoms with van der Waals surface area (Å²) in [6, 6.07) is 8.84. The van der Waals surface area contributed by atoms with Crippen LogP contribution in [0, 0.1) is 0 Å². The summed E-state index contributed by atoms with van der Waals surface area (Å²) in [6.45, 7) is 9.45. The van der Waals surface area contributed by atoms with Crippen molar-refractivity contribution in [1.82, 2.24) is 4.90 Å². The van der Waals surface area contributed by atoms with Crippen molar-refractivity contribution in [1.29, 1.82) is 0 Å². The van der Waals surface area contributed by atoms with Crippen molar-refractivity contribution in [3.8, 4) is 5.75 Å². The molecule has 0 fully saturated rings. The summed E-state index contributed by atoms with van der Waals surface area (Å²) in [5, 5.41) is 0. The van der Waals surface area contributed by atoms with Crippen LogP contribution in [0.1, 0.15) is 38.8 Å². The van der Waals surface area contributed by atoms with Gasteiger partial charge in [0.2, 0.25) is 0 Å². The van der Waals surface area contributed by atoms with Gasteiger partial charge in [0.25, 0.3) is 0 Å². The predicted molar refractivity (Wildman–Crippen MR) is 87.7 cm³/mol. The van der Waals surface area contributed by atoms with Gasteiger partial charge in [0.05, 0.1) is 13.2 Å². The molecule has 0 radical (unpaired) electrons. The van der Waals surface area contributed by atoms with Crippen molar-refractivity contribution in [3.63, 3.8) is 0 Å². The highest BCUT2D eigenvalue weighted by Gasteiger charge is 2.22. The molecule has 2 atom stereocenters. The molecule has 2 unspecified atom stereocenters. The predicted octanol–water partition coefficient (Wildman–Crippen LogP) is 2.83. The summed E-state index contributed by atoms with van der Waals surface area (Å²) in [5.74, 6) is 0.921. The van der Waals surface area contributed by atoms with Crippen molar-refractivity contribution in [2.45, 2.75) is 39.3 Å². The van der Waals surface area contributed by atoms with Gasteiger partial charge in [-0.05, 0) is 37.6 Å². The van der Waals surface area contributed by atoms with Crippen LogP contribution in [0.3, 0.4) is 0 Å². The van der Waals surface area contributed by atoms with Crippen LogP contribution in [0.25, 0.3) is 0 Å². The van der Waals surface area contributed by atoms with E-state index in [1.165, 1.54) is 5.56 Å². The fraction of sp³-hybridized carbons (Fsp3) is 0.647. The maximum Gasteiger partial charge on any atom is 0.119 e. The summed E-state index contributed by atoms with van der Waals surface area (Å²) in [6.07, 6.45) is 1.02. The number of nitrogens with two attached hydrogens (primary N) is 1. The van der Waals surface area contributed by atoms with E-state index < -0.39 is 0 Å². The maximum atomic E-state index is 6.02. The second-order valence-corrected chi connectivity index (χ2v) is 5.30. The number of hydrogen-bond donors (Lipinski definition) is 1. The molecular formula is C17H30N2O2. The lowest BCUT2D eigenvalue weighted by molar-refractivity contribution is 0.0751. The van der Waals surface area contributed by atoms with Gasteiger partial charge < -0.3 is 15.2 Å². The second kappa shape index (κ2) is 9.77. The largest absolute Gasteiger partial charge is 0.494 e. The Morgan fingerprint density at radius 2 is 1.86 bits per heavy atom. The van der Waals surface area contributed by atoms with Crippen LogP contribution in [0.4, 0.5) is 0 Å². The van der Waals surface area contributed by atoms with Crippen LogP contribution in [-0.4, -0.2) is 44.4 Å². The molecule has 0 heterocycles. The van der Waals surface area contributed by atoms with Crippen LogP contribution in [0.5, 0.6) is 5.75 Å². The van der Waals surface area contributed by atoms with Crippen LogP contribution in [-0.2, 0) is 4.74 Å². The Balaban J connectivity index is 2.82. The number of nitrogens with zero attached hydrogens (tertiary/aromatic N) is 1. The van der Waals surface area contributed by atoms with Gasteiger partial charge in [0.1, 0.15) is 5.75 Å². The standard InChI is InChI=1S/C17H30N2O2/c1-5-11-21-16-9-7-15(8-10-16)17(12-18)19(6-2)14(3)13-20-4/h7-10,14,17H,5-6,11-13,18H2,1-4H3. The first-order valence-electron chi connectivity index (χ1n) is 7.85. The Labute approximate surface area is 129 Å². The molecule has 0 aliphatic rings. The molecule has 0 amide bonds. The lowest BCUT2D eigenvalue weighted by atomic mass is 10.0. The lowest BCUT2D eigenvalue weighted by Gasteiger charge is -2.35. The van der Waals surface area contributed by atoms with Crippen LogP contribution in [0.2, 0.25) is 0 Å². The summed E-state index contributed by atoms with van der Waals surface area (Å²) in [5.41, 5.74) is 7.25. The minimum absolute atomic E-state index is 0.209. The number of likely N-dealkylation sites (N-methyl/N-ethyl adjacent to an activating group) is 1. The zero-order valence-electron chi connectivity index (χ0n) is 13.8. The second-order valence-electron chi connectivity index (χ2n) is 5.30. The van der Waals surface area contributed by atoms with E-state index >= 15 is 0 Å². The maximum absolute atomic E-state index is 6.02. The van der Waals surface area contributed by atoms with E-state index in [4.69, 9.17) is 15.2 Å². The molecule has 0 aromatic heterocycles. The number of ether oxygens (including phenoxy) is 2. The highest BCUT2D eigenvalue weighted by atomic mass is 16.5. The summed E-state index contributed by atoms with van der Waals surface area (Å²) in [4.78, 5) is 2.38. The number of rotatable bonds is 10. The first-order chi connectivity index (χ1) is 10.2. The Kier molecular flexibility index (Phi) is 8.35. The Morgan fingerprint density at radius 1 is 1.19 bits per heavy atom. The molecule has 1 rings (SSSR count). The van der Waals surface area contributed by atoms with Crippen molar-refractivity contribution in [3.05, 3.63) is 29.8 Å². The molecule has 2 N–H and O–H groups in total. The highest BCUT2D eigenvalue weighted by molar-refractivity contribution is 5.29. The van der Waals surface area contributed by atoms with Gasteiger partial charge >= 0.3 is 0 Å². The van der Waals surface area contributed by atoms with Gasteiger partial charge in [-0.2, -0.15) is 0 Å². The highest BCUT2D eigenvalue weighted by Crippen LogP contribution is 2.24. The van der Waals surface area contributed by atoms with Gasteiger partial charge in [-0.1, -0.05) is 26.0 Å². The van der Waals surface area contributed by atoms with Crippen molar-refractivity contribution >= 4 is 0 Å². The Bertz CT molecular complexity index is 381. The Hall–Kier alpha value is -1.10. The fourth-order valence-corrected chi connectivity index (χ4v) is 2.65. The van der Waals surface area contributed by atoms with E-state index in [-0.39, 0.29) is 6.04 Å². The van der Waals surface area contributed by atoms with E-state index in [9.17, 15) is 0 Å². The van der Waals surface area contributed by atoms with E-state index in [1.54, 1.807) is 7.11 Å². The average molecular weight is 294 g/mol. The number of methoxy groups -OCH3 is 1. The molecular weight excluding hydrogens is 264 g/mol. The third-order valence-electron chi connectivity index (χ3n) is 3.70. The molecule has 1 aromatic rings. The van der Waals surface area contributed by atoms with E-state index in [0.29, 0.717) is 19.2 Å². The minimum Gasteiger partial charge on any atom is -0.494 e. The molecule has 0 aliphatic carbocycles. The lowest BCUT2D eigenvalue weighted by Crippen LogP contribution is -2.42. The first kappa shape index (κ1) is 18.0. The van der Waals surface area contributed by atoms with Crippen LogP contribution < -0.4 is 10.5 Å². The minimum atomic E-state index is 0.209. The van der Waals surface area contributed by atoms with Crippen molar-refractivity contribution in [2.24, 2.45) is 5.73 Å². The third kappa shape index (κ3) is 5.30. The van der Waals surface area contributed by atoms with Crippen molar-refractivity contribution in [2.75, 3.05) is 33.4 Å². The van der Waals surface area contributed by atoms with E-state index in [1.807, 2.05) is 12.1 Å². The third-order valence-corrected chi connectivity index (χ3v) is 3.70. The van der Waals surface area contributed by atoms with E-state index in [2.05, 4.69) is 37.8 Å². The zero-order chi connectivity index (χ0) is 15.7. The van der Waals surface area contributed by atoms with Crippen LogP contribution in [0.15, 0.2) is 24.3 Å². The number of hydrogen-bond acceptors (Lipinski definition) is 4. The Morgan fingerprint density at radius 3 is 2.33 bits per heavy atom. The normalized spacial score (nSPS) is 14.2. The quantitative estimate of drug-likeness (QED) is 0.721. The average Bonchev–Trinajstić information content (AvgIpc) is 2.51. The van der Waals surface area contributed by atoms with Gasteiger partial charge in [0.15, 0.2) is 0 Å². The van der Waals surface area contributed by atoms with Gasteiger partial charge in [-0.25, -0.2) is 0 Å². The molecule has 21 heavy (non-hydrogen) atoms. The SMILES string of the molecule is CCCOc1ccc(C(CN)N(CC)C(C)COC)cc1. The van der Waals surface area contributed by atoms with Gasteiger partial charge in [-0.15, -0.1) is 0 Å². The summed E-state index contributed by atoms with van der Waals surface area (Å²) < 4.78 is 10.9. The molecule has 4 nitrogen and oxygen atoms in total. The molecule has 4 heteroatoms. The molecule has 0 saturated carbocycles. The van der Waals surface area contributed by atoms with Gasteiger partial charge in [0, 0.05) is 25.7 Å². The van der Waals surface area contributed by atoms with Crippen molar-refractivity contribution < 1.29 is 9.47 Å². The molecule has 120 valence electrons. The molecule has 0 spiro atoms. The summed E-state index contributed by atoms with van der Waals surface area (Å²) in [7, 11) is 1.74. The summed E-state index contributed by atoms with van der Waals surface area (Å²) >= 11 is 0. The smallest absolute Gasteiger partial charge is 0.119 e. The van der Waals surface area contributed by atoms with E-state index in [0.717, 1.165) is 25.3 Å². The molecule has 0 saturated heterocycles. The molecule has 0 aliphatic heterocycles. The zero-order valence-corrected chi connectivity index (χ0v) is 13.8. The fourth-order valence-electron chi connectivity index (χ4n) is 2.65. The monoisotopic (exact) mass is 294 g/mol. The van der Waals surface area contributed by atoms with Crippen LogP contribution >= 0.6 is 0 Å². The topological polar surface area (TPSA) is 47.7 Å². The number of benzene rings is 1. The molecule has 1 aromatic carbocycles. The van der Waals surface area contributed by atoms with Gasteiger partial charge in [-0.3, -0.25) is 4.90 Å². The first-order valence-corrected chi connectivity index (χ1v) is 7.85. The molecule has 0 bridgehead atoms.